The number of amides is 2. The van der Waals surface area contributed by atoms with Crippen molar-refractivity contribution in [3.05, 3.63) is 53.8 Å². The van der Waals surface area contributed by atoms with Crippen molar-refractivity contribution >= 4 is 23.6 Å². The molecule has 3 aromatic rings. The molecular formula is C18H18N4O4S. The number of rotatable bonds is 7. The lowest BCUT2D eigenvalue weighted by Crippen LogP contribution is -2.37. The molecule has 0 fully saturated rings. The summed E-state index contributed by atoms with van der Waals surface area (Å²) in [6.07, 6.45) is 4.89. The zero-order valence-electron chi connectivity index (χ0n) is 14.8. The van der Waals surface area contributed by atoms with E-state index in [0.29, 0.717) is 33.6 Å². The first-order valence-electron chi connectivity index (χ1n) is 8.12. The van der Waals surface area contributed by atoms with E-state index >= 15 is 0 Å². The molecule has 0 saturated carbocycles. The van der Waals surface area contributed by atoms with Gasteiger partial charge >= 0.3 is 0 Å². The average Bonchev–Trinajstić information content (AvgIpc) is 3.37. The number of hydrogen-bond donors (Lipinski definition) is 2. The standard InChI is InChI=1S/C18H18N4O4S/c1-11-15(18(27-2)22-16(21-11)13-6-4-8-26-13)17(24)20-10-14(23)19-9-12-5-3-7-25-12/h3-8H,9-10H2,1-2H3,(H,19,23)(H,20,24). The van der Waals surface area contributed by atoms with Gasteiger partial charge in [0.05, 0.1) is 36.9 Å². The summed E-state index contributed by atoms with van der Waals surface area (Å²) in [4.78, 5) is 33.2. The number of furan rings is 2. The Hall–Kier alpha value is -3.07. The van der Waals surface area contributed by atoms with Gasteiger partial charge in [-0.2, -0.15) is 0 Å². The lowest BCUT2D eigenvalue weighted by Gasteiger charge is -2.11. The third-order valence-corrected chi connectivity index (χ3v) is 4.35. The summed E-state index contributed by atoms with van der Waals surface area (Å²) in [5.41, 5.74) is 0.853. The van der Waals surface area contributed by atoms with Gasteiger partial charge in [0.15, 0.2) is 11.6 Å². The van der Waals surface area contributed by atoms with Crippen LogP contribution in [0.4, 0.5) is 0 Å². The Bertz CT molecular complexity index is 923. The van der Waals surface area contributed by atoms with Gasteiger partial charge in [-0.1, -0.05) is 0 Å². The Morgan fingerprint density at radius 2 is 1.89 bits per heavy atom. The molecule has 8 nitrogen and oxygen atoms in total. The van der Waals surface area contributed by atoms with Gasteiger partial charge in [0.25, 0.3) is 5.91 Å². The van der Waals surface area contributed by atoms with Crippen LogP contribution in [0.2, 0.25) is 0 Å². The molecule has 140 valence electrons. The van der Waals surface area contributed by atoms with Crippen molar-refractivity contribution in [2.45, 2.75) is 18.5 Å². The minimum Gasteiger partial charge on any atom is -0.467 e. The van der Waals surface area contributed by atoms with Crippen molar-refractivity contribution < 1.29 is 18.4 Å². The topological polar surface area (TPSA) is 110 Å². The third-order valence-electron chi connectivity index (χ3n) is 3.67. The first kappa shape index (κ1) is 18.7. The Labute approximate surface area is 159 Å². The largest absolute Gasteiger partial charge is 0.467 e. The van der Waals surface area contributed by atoms with Crippen LogP contribution in [0, 0.1) is 6.92 Å². The molecule has 0 unspecified atom stereocenters. The van der Waals surface area contributed by atoms with Gasteiger partial charge in [-0.3, -0.25) is 9.59 Å². The number of aromatic nitrogens is 2. The minimum atomic E-state index is -0.406. The van der Waals surface area contributed by atoms with Gasteiger partial charge in [-0.15, -0.1) is 11.8 Å². The summed E-state index contributed by atoms with van der Waals surface area (Å²) in [5.74, 6) is 0.844. The lowest BCUT2D eigenvalue weighted by molar-refractivity contribution is -0.120. The molecule has 3 aromatic heterocycles. The second kappa shape index (κ2) is 8.54. The Morgan fingerprint density at radius 1 is 1.11 bits per heavy atom. The SMILES string of the molecule is CSc1nc(-c2ccco2)nc(C)c1C(=O)NCC(=O)NCc1ccco1. The highest BCUT2D eigenvalue weighted by Crippen LogP contribution is 2.24. The van der Waals surface area contributed by atoms with Crippen molar-refractivity contribution in [2.24, 2.45) is 0 Å². The Balaban J connectivity index is 1.66. The fourth-order valence-electron chi connectivity index (χ4n) is 2.38. The van der Waals surface area contributed by atoms with Gasteiger partial charge in [0.1, 0.15) is 10.8 Å². The molecule has 2 amide bonds. The van der Waals surface area contributed by atoms with Gasteiger partial charge in [0.2, 0.25) is 5.91 Å². The second-order valence-corrected chi connectivity index (χ2v) is 6.33. The zero-order chi connectivity index (χ0) is 19.2. The zero-order valence-corrected chi connectivity index (χ0v) is 15.6. The molecule has 27 heavy (non-hydrogen) atoms. The monoisotopic (exact) mass is 386 g/mol. The number of nitrogens with one attached hydrogen (secondary N) is 2. The molecule has 0 bridgehead atoms. The normalized spacial score (nSPS) is 10.6. The Morgan fingerprint density at radius 3 is 2.56 bits per heavy atom. The van der Waals surface area contributed by atoms with E-state index in [1.807, 2.05) is 6.26 Å². The third kappa shape index (κ3) is 4.56. The number of carbonyl (C=O) groups excluding carboxylic acids is 2. The van der Waals surface area contributed by atoms with Crippen molar-refractivity contribution in [1.82, 2.24) is 20.6 Å². The lowest BCUT2D eigenvalue weighted by atomic mass is 10.2. The molecule has 3 rings (SSSR count). The highest BCUT2D eigenvalue weighted by Gasteiger charge is 2.20. The molecular weight excluding hydrogens is 368 g/mol. The maximum atomic E-state index is 12.6. The van der Waals surface area contributed by atoms with E-state index in [-0.39, 0.29) is 19.0 Å². The van der Waals surface area contributed by atoms with Crippen LogP contribution >= 0.6 is 11.8 Å². The fraction of sp³-hybridized carbons (Fsp3) is 0.222. The molecule has 0 aliphatic rings. The van der Waals surface area contributed by atoms with Crippen LogP contribution in [-0.2, 0) is 11.3 Å². The van der Waals surface area contributed by atoms with Crippen LogP contribution in [0.25, 0.3) is 11.6 Å². The van der Waals surface area contributed by atoms with E-state index in [0.717, 1.165) is 0 Å². The number of hydrogen-bond acceptors (Lipinski definition) is 7. The van der Waals surface area contributed by atoms with Crippen molar-refractivity contribution in [3.8, 4) is 11.6 Å². The number of carbonyl (C=O) groups is 2. The number of aryl methyl sites for hydroxylation is 1. The molecule has 0 aromatic carbocycles. The molecule has 0 saturated heterocycles. The molecule has 9 heteroatoms. The summed E-state index contributed by atoms with van der Waals surface area (Å²) >= 11 is 1.33. The highest BCUT2D eigenvalue weighted by molar-refractivity contribution is 7.98. The summed E-state index contributed by atoms with van der Waals surface area (Å²) in [7, 11) is 0. The van der Waals surface area contributed by atoms with Crippen LogP contribution in [-0.4, -0.2) is 34.6 Å². The van der Waals surface area contributed by atoms with E-state index in [1.54, 1.807) is 31.2 Å². The van der Waals surface area contributed by atoms with E-state index in [1.165, 1.54) is 24.3 Å². The first-order chi connectivity index (χ1) is 13.1. The fourth-order valence-corrected chi connectivity index (χ4v) is 3.00. The van der Waals surface area contributed by atoms with E-state index < -0.39 is 5.91 Å². The second-order valence-electron chi connectivity index (χ2n) is 5.53. The quantitative estimate of drug-likeness (QED) is 0.474. The molecule has 2 N–H and O–H groups in total. The minimum absolute atomic E-state index is 0.160. The molecule has 0 atom stereocenters. The number of thioether (sulfide) groups is 1. The molecule has 0 aliphatic carbocycles. The summed E-state index contributed by atoms with van der Waals surface area (Å²) in [6, 6.07) is 6.99. The molecule has 0 spiro atoms. The van der Waals surface area contributed by atoms with E-state index in [4.69, 9.17) is 8.83 Å². The molecule has 3 heterocycles. The maximum Gasteiger partial charge on any atom is 0.256 e. The molecule has 0 radical (unpaired) electrons. The van der Waals surface area contributed by atoms with E-state index in [2.05, 4.69) is 20.6 Å². The van der Waals surface area contributed by atoms with E-state index in [9.17, 15) is 9.59 Å². The van der Waals surface area contributed by atoms with Crippen molar-refractivity contribution in [3.63, 3.8) is 0 Å². The predicted molar refractivity (Wildman–Crippen MR) is 99.1 cm³/mol. The highest BCUT2D eigenvalue weighted by atomic mass is 32.2. The summed E-state index contributed by atoms with van der Waals surface area (Å²) < 4.78 is 10.5. The summed E-state index contributed by atoms with van der Waals surface area (Å²) in [6.45, 7) is 1.82. The molecule has 0 aliphatic heterocycles. The Kier molecular flexibility index (Phi) is 5.92. The van der Waals surface area contributed by atoms with Gasteiger partial charge < -0.3 is 19.5 Å². The smallest absolute Gasteiger partial charge is 0.256 e. The van der Waals surface area contributed by atoms with Crippen LogP contribution < -0.4 is 10.6 Å². The summed E-state index contributed by atoms with van der Waals surface area (Å²) in [5, 5.41) is 5.78. The van der Waals surface area contributed by atoms with Gasteiger partial charge in [-0.05, 0) is 37.4 Å². The first-order valence-corrected chi connectivity index (χ1v) is 9.34. The van der Waals surface area contributed by atoms with Crippen LogP contribution in [0.1, 0.15) is 21.8 Å². The van der Waals surface area contributed by atoms with Gasteiger partial charge in [-0.25, -0.2) is 9.97 Å². The van der Waals surface area contributed by atoms with Crippen molar-refractivity contribution in [1.29, 1.82) is 0 Å². The number of nitrogens with zero attached hydrogens (tertiary/aromatic N) is 2. The average molecular weight is 386 g/mol. The maximum absolute atomic E-state index is 12.6. The predicted octanol–water partition coefficient (Wildman–Crippen LogP) is 2.41. The van der Waals surface area contributed by atoms with Gasteiger partial charge in [0, 0.05) is 0 Å². The van der Waals surface area contributed by atoms with Crippen LogP contribution in [0.3, 0.4) is 0 Å². The van der Waals surface area contributed by atoms with Crippen molar-refractivity contribution in [2.75, 3.05) is 12.8 Å². The van der Waals surface area contributed by atoms with Crippen LogP contribution in [0.5, 0.6) is 0 Å². The van der Waals surface area contributed by atoms with Crippen LogP contribution in [0.15, 0.2) is 50.7 Å².